The summed E-state index contributed by atoms with van der Waals surface area (Å²) in [5.74, 6) is 0. The summed E-state index contributed by atoms with van der Waals surface area (Å²) in [6, 6.07) is 20.4. The van der Waals surface area contributed by atoms with Crippen molar-refractivity contribution in [3.05, 3.63) is 89.1 Å². The maximum atomic E-state index is 13.2. The van der Waals surface area contributed by atoms with Crippen molar-refractivity contribution in [2.45, 2.75) is 32.9 Å². The summed E-state index contributed by atoms with van der Waals surface area (Å²) >= 11 is 0. The Morgan fingerprint density at radius 1 is 0.926 bits per heavy atom. The first-order valence-corrected chi connectivity index (χ1v) is 9.45. The molecule has 0 aliphatic rings. The first-order valence-electron chi connectivity index (χ1n) is 9.45. The second kappa shape index (κ2) is 7.62. The average Bonchev–Trinajstić information content (AvgIpc) is 3.08. The van der Waals surface area contributed by atoms with Crippen LogP contribution in [0.4, 0.5) is 0 Å². The van der Waals surface area contributed by atoms with Gasteiger partial charge in [-0.25, -0.2) is 4.98 Å². The van der Waals surface area contributed by atoms with Gasteiger partial charge < -0.3 is 4.57 Å². The van der Waals surface area contributed by atoms with Crippen molar-refractivity contribution in [3.8, 4) is 11.1 Å². The van der Waals surface area contributed by atoms with Crippen molar-refractivity contribution in [2.24, 2.45) is 0 Å². The molecule has 2 heterocycles. The molecule has 0 aliphatic carbocycles. The van der Waals surface area contributed by atoms with E-state index in [1.54, 1.807) is 10.9 Å². The molecule has 0 unspecified atom stereocenters. The highest BCUT2D eigenvalue weighted by Gasteiger charge is 2.16. The number of aryl methyl sites for hydroxylation is 1. The highest BCUT2D eigenvalue weighted by Crippen LogP contribution is 2.28. The van der Waals surface area contributed by atoms with Gasteiger partial charge in [-0.2, -0.15) is 0 Å². The molecule has 0 amide bonds. The minimum atomic E-state index is 0.0339. The fourth-order valence-corrected chi connectivity index (χ4v) is 3.44. The first kappa shape index (κ1) is 17.3. The Kier molecular flexibility index (Phi) is 4.88. The lowest BCUT2D eigenvalue weighted by Gasteiger charge is -2.08. The van der Waals surface area contributed by atoms with E-state index >= 15 is 0 Å². The fourth-order valence-electron chi connectivity index (χ4n) is 3.44. The van der Waals surface area contributed by atoms with Gasteiger partial charge in [0.1, 0.15) is 11.0 Å². The standard InChI is InChI=1S/C23H23N3O/c1-2-3-14-25-17-24-21-20(19-12-8-5-9-13-19)16-26(22(21)23(25)27)15-18-10-6-4-7-11-18/h4-13,16-17H,2-3,14-15H2,1H3. The van der Waals surface area contributed by atoms with Crippen molar-refractivity contribution < 1.29 is 0 Å². The molecule has 136 valence electrons. The van der Waals surface area contributed by atoms with Crippen molar-refractivity contribution in [3.63, 3.8) is 0 Å². The van der Waals surface area contributed by atoms with Gasteiger partial charge in [-0.3, -0.25) is 9.36 Å². The van der Waals surface area contributed by atoms with Crippen LogP contribution < -0.4 is 5.56 Å². The lowest BCUT2D eigenvalue weighted by Crippen LogP contribution is -2.22. The molecule has 2 aromatic heterocycles. The topological polar surface area (TPSA) is 39.8 Å². The lowest BCUT2D eigenvalue weighted by atomic mass is 10.1. The van der Waals surface area contributed by atoms with Gasteiger partial charge in [-0.15, -0.1) is 0 Å². The molecule has 0 saturated carbocycles. The number of aromatic nitrogens is 3. The van der Waals surface area contributed by atoms with Crippen molar-refractivity contribution in [1.29, 1.82) is 0 Å². The highest BCUT2D eigenvalue weighted by molar-refractivity contribution is 5.92. The van der Waals surface area contributed by atoms with Gasteiger partial charge in [0.15, 0.2) is 0 Å². The van der Waals surface area contributed by atoms with E-state index in [1.807, 2.05) is 41.0 Å². The van der Waals surface area contributed by atoms with E-state index in [0.29, 0.717) is 18.6 Å². The van der Waals surface area contributed by atoms with Crippen LogP contribution in [0.1, 0.15) is 25.3 Å². The minimum absolute atomic E-state index is 0.0339. The van der Waals surface area contributed by atoms with Gasteiger partial charge in [0, 0.05) is 24.8 Å². The molecule has 0 radical (unpaired) electrons. The number of fused-ring (bicyclic) bond motifs is 1. The second-order valence-electron chi connectivity index (χ2n) is 6.82. The van der Waals surface area contributed by atoms with E-state index in [-0.39, 0.29) is 5.56 Å². The molecule has 0 N–H and O–H groups in total. The van der Waals surface area contributed by atoms with Crippen LogP contribution in [0.5, 0.6) is 0 Å². The third-order valence-electron chi connectivity index (χ3n) is 4.87. The quantitative estimate of drug-likeness (QED) is 0.501. The summed E-state index contributed by atoms with van der Waals surface area (Å²) in [4.78, 5) is 17.9. The zero-order chi connectivity index (χ0) is 18.6. The second-order valence-corrected chi connectivity index (χ2v) is 6.82. The Labute approximate surface area is 158 Å². The smallest absolute Gasteiger partial charge is 0.277 e. The maximum Gasteiger partial charge on any atom is 0.277 e. The highest BCUT2D eigenvalue weighted by atomic mass is 16.1. The van der Waals surface area contributed by atoms with Crippen LogP contribution >= 0.6 is 0 Å². The third-order valence-corrected chi connectivity index (χ3v) is 4.87. The zero-order valence-electron chi connectivity index (χ0n) is 15.5. The average molecular weight is 357 g/mol. The summed E-state index contributed by atoms with van der Waals surface area (Å²) in [5, 5.41) is 0. The Hall–Kier alpha value is -3.14. The molecule has 0 spiro atoms. The molecular weight excluding hydrogens is 334 g/mol. The molecule has 4 rings (SSSR count). The molecule has 0 atom stereocenters. The summed E-state index contributed by atoms with van der Waals surface area (Å²) in [6.07, 6.45) is 5.77. The summed E-state index contributed by atoms with van der Waals surface area (Å²) in [6.45, 7) is 3.48. The molecule has 4 nitrogen and oxygen atoms in total. The van der Waals surface area contributed by atoms with E-state index in [9.17, 15) is 4.79 Å². The third kappa shape index (κ3) is 3.43. The minimum Gasteiger partial charge on any atom is -0.337 e. The van der Waals surface area contributed by atoms with Crippen LogP contribution in [0.25, 0.3) is 22.2 Å². The predicted molar refractivity (Wildman–Crippen MR) is 110 cm³/mol. The Balaban J connectivity index is 1.90. The van der Waals surface area contributed by atoms with Gasteiger partial charge >= 0.3 is 0 Å². The van der Waals surface area contributed by atoms with E-state index in [2.05, 4.69) is 42.4 Å². The summed E-state index contributed by atoms with van der Waals surface area (Å²) in [7, 11) is 0. The molecule has 0 saturated heterocycles. The zero-order valence-corrected chi connectivity index (χ0v) is 15.5. The van der Waals surface area contributed by atoms with Crippen LogP contribution in [0.15, 0.2) is 78.0 Å². The first-order chi connectivity index (χ1) is 13.3. The number of hydrogen-bond acceptors (Lipinski definition) is 2. The van der Waals surface area contributed by atoms with Crippen LogP contribution in [0.3, 0.4) is 0 Å². The largest absolute Gasteiger partial charge is 0.337 e. The molecule has 2 aromatic carbocycles. The monoisotopic (exact) mass is 357 g/mol. The van der Waals surface area contributed by atoms with Crippen LogP contribution in [-0.4, -0.2) is 14.1 Å². The molecule has 4 heteroatoms. The molecule has 0 fully saturated rings. The van der Waals surface area contributed by atoms with E-state index in [1.165, 1.54) is 0 Å². The molecule has 0 aliphatic heterocycles. The summed E-state index contributed by atoms with van der Waals surface area (Å²) in [5.41, 5.74) is 4.73. The Morgan fingerprint density at radius 3 is 2.33 bits per heavy atom. The van der Waals surface area contributed by atoms with Gasteiger partial charge in [0.05, 0.1) is 6.33 Å². The van der Waals surface area contributed by atoms with Crippen molar-refractivity contribution in [1.82, 2.24) is 14.1 Å². The lowest BCUT2D eigenvalue weighted by molar-refractivity contribution is 0.606. The molecular formula is C23H23N3O. The fraction of sp³-hybridized carbons (Fsp3) is 0.217. The van der Waals surface area contributed by atoms with Gasteiger partial charge in [0.2, 0.25) is 0 Å². The van der Waals surface area contributed by atoms with E-state index in [0.717, 1.165) is 35.0 Å². The van der Waals surface area contributed by atoms with Crippen molar-refractivity contribution in [2.75, 3.05) is 0 Å². The number of nitrogens with zero attached hydrogens (tertiary/aromatic N) is 3. The van der Waals surface area contributed by atoms with E-state index < -0.39 is 0 Å². The van der Waals surface area contributed by atoms with Gasteiger partial charge in [0.25, 0.3) is 5.56 Å². The van der Waals surface area contributed by atoms with Crippen molar-refractivity contribution >= 4 is 11.0 Å². The Bertz CT molecular complexity index is 1100. The van der Waals surface area contributed by atoms with Crippen LogP contribution in [0, 0.1) is 0 Å². The van der Waals surface area contributed by atoms with Crippen LogP contribution in [0.2, 0.25) is 0 Å². The number of unbranched alkanes of at least 4 members (excludes halogenated alkanes) is 1. The van der Waals surface area contributed by atoms with E-state index in [4.69, 9.17) is 0 Å². The molecule has 4 aromatic rings. The van der Waals surface area contributed by atoms with Gasteiger partial charge in [-0.1, -0.05) is 74.0 Å². The maximum absolute atomic E-state index is 13.2. The predicted octanol–water partition coefficient (Wildman–Crippen LogP) is 4.71. The normalized spacial score (nSPS) is 11.1. The summed E-state index contributed by atoms with van der Waals surface area (Å²) < 4.78 is 3.78. The van der Waals surface area contributed by atoms with Crippen LogP contribution in [-0.2, 0) is 13.1 Å². The van der Waals surface area contributed by atoms with Gasteiger partial charge in [-0.05, 0) is 17.5 Å². The SMILES string of the molecule is CCCCn1cnc2c(-c3ccccc3)cn(Cc3ccccc3)c2c1=O. The number of hydrogen-bond donors (Lipinski definition) is 0. The molecule has 27 heavy (non-hydrogen) atoms. The Morgan fingerprint density at radius 2 is 1.63 bits per heavy atom. The number of benzene rings is 2. The molecule has 0 bridgehead atoms. The number of rotatable bonds is 6.